The monoisotopic (exact) mass is 278 g/mol. The minimum Gasteiger partial charge on any atom is -0.388 e. The molecule has 1 nitrogen and oxygen atoms in total. The van der Waals surface area contributed by atoms with Gasteiger partial charge in [-0.25, -0.2) is 4.39 Å². The normalized spacial score (nSPS) is 24.6. The summed E-state index contributed by atoms with van der Waals surface area (Å²) in [5.74, 6) is 0.932. The van der Waals surface area contributed by atoms with Crippen molar-refractivity contribution in [3.8, 4) is 0 Å². The van der Waals surface area contributed by atoms with Gasteiger partial charge in [-0.1, -0.05) is 51.2 Å². The topological polar surface area (TPSA) is 20.2 Å². The van der Waals surface area contributed by atoms with Crippen molar-refractivity contribution in [1.29, 1.82) is 0 Å². The van der Waals surface area contributed by atoms with E-state index in [9.17, 15) is 9.50 Å². The summed E-state index contributed by atoms with van der Waals surface area (Å²) in [6.45, 7) is 3.99. The minimum atomic E-state index is -0.503. The molecule has 0 saturated heterocycles. The van der Waals surface area contributed by atoms with Crippen molar-refractivity contribution in [3.63, 3.8) is 0 Å². The summed E-state index contributed by atoms with van der Waals surface area (Å²) in [5.41, 5.74) is 1.38. The van der Waals surface area contributed by atoms with Gasteiger partial charge in [0.25, 0.3) is 0 Å². The Hall–Kier alpha value is -0.890. The molecule has 0 spiro atoms. The average molecular weight is 278 g/mol. The molecule has 1 saturated carbocycles. The first-order chi connectivity index (χ1) is 9.61. The van der Waals surface area contributed by atoms with E-state index in [1.165, 1.54) is 38.2 Å². The standard InChI is InChI=1S/C18H27FO/c1-3-4-5-14-7-10-15(11-8-14)18(20)16-9-6-13(2)17(19)12-16/h6,9,12,14-15,18,20H,3-5,7-8,10-11H2,1-2H3. The summed E-state index contributed by atoms with van der Waals surface area (Å²) in [4.78, 5) is 0. The largest absolute Gasteiger partial charge is 0.388 e. The molecule has 1 aliphatic rings. The van der Waals surface area contributed by atoms with E-state index in [1.807, 2.05) is 6.07 Å². The predicted molar refractivity (Wildman–Crippen MR) is 81.1 cm³/mol. The second-order valence-corrected chi connectivity index (χ2v) is 6.38. The van der Waals surface area contributed by atoms with Gasteiger partial charge in [0, 0.05) is 0 Å². The highest BCUT2D eigenvalue weighted by atomic mass is 19.1. The smallest absolute Gasteiger partial charge is 0.126 e. The third-order valence-electron chi connectivity index (χ3n) is 4.84. The van der Waals surface area contributed by atoms with Gasteiger partial charge in [0.15, 0.2) is 0 Å². The van der Waals surface area contributed by atoms with Crippen LogP contribution < -0.4 is 0 Å². The molecule has 0 aromatic heterocycles. The maximum Gasteiger partial charge on any atom is 0.126 e. The maximum absolute atomic E-state index is 13.6. The molecular weight excluding hydrogens is 251 g/mol. The van der Waals surface area contributed by atoms with E-state index >= 15 is 0 Å². The molecule has 0 aliphatic heterocycles. The van der Waals surface area contributed by atoms with E-state index in [0.29, 0.717) is 11.5 Å². The number of aliphatic hydroxyl groups is 1. The van der Waals surface area contributed by atoms with E-state index in [0.717, 1.165) is 24.3 Å². The van der Waals surface area contributed by atoms with Crippen LogP contribution in [0.1, 0.15) is 69.1 Å². The molecule has 1 N–H and O–H groups in total. The van der Waals surface area contributed by atoms with Crippen molar-refractivity contribution < 1.29 is 9.50 Å². The maximum atomic E-state index is 13.6. The molecule has 0 heterocycles. The fourth-order valence-corrected chi connectivity index (χ4v) is 3.35. The third-order valence-corrected chi connectivity index (χ3v) is 4.84. The highest BCUT2D eigenvalue weighted by molar-refractivity contribution is 5.25. The first-order valence-electron chi connectivity index (χ1n) is 8.06. The fourth-order valence-electron chi connectivity index (χ4n) is 3.35. The Bertz CT molecular complexity index is 421. The van der Waals surface area contributed by atoms with Gasteiger partial charge in [-0.15, -0.1) is 0 Å². The Kier molecular flexibility index (Phi) is 5.59. The highest BCUT2D eigenvalue weighted by Gasteiger charge is 2.27. The average Bonchev–Trinajstić information content (AvgIpc) is 2.48. The molecule has 2 rings (SSSR count). The lowest BCUT2D eigenvalue weighted by molar-refractivity contribution is 0.0717. The number of hydrogen-bond donors (Lipinski definition) is 1. The van der Waals surface area contributed by atoms with Crippen LogP contribution in [0.3, 0.4) is 0 Å². The number of rotatable bonds is 5. The molecule has 0 bridgehead atoms. The Morgan fingerprint density at radius 2 is 1.95 bits per heavy atom. The van der Waals surface area contributed by atoms with Gasteiger partial charge < -0.3 is 5.11 Å². The van der Waals surface area contributed by atoms with E-state index < -0.39 is 6.10 Å². The molecule has 20 heavy (non-hydrogen) atoms. The molecule has 2 heteroatoms. The number of aliphatic hydroxyl groups excluding tert-OH is 1. The van der Waals surface area contributed by atoms with Crippen LogP contribution in [0.5, 0.6) is 0 Å². The third kappa shape index (κ3) is 3.82. The summed E-state index contributed by atoms with van der Waals surface area (Å²) in [5, 5.41) is 10.5. The van der Waals surface area contributed by atoms with E-state index in [2.05, 4.69) is 6.92 Å². The van der Waals surface area contributed by atoms with Gasteiger partial charge in [0.05, 0.1) is 6.10 Å². The first-order valence-corrected chi connectivity index (χ1v) is 8.06. The van der Waals surface area contributed by atoms with Gasteiger partial charge in [0.2, 0.25) is 0 Å². The summed E-state index contributed by atoms with van der Waals surface area (Å²) in [7, 11) is 0. The molecule has 0 radical (unpaired) electrons. The molecule has 1 fully saturated rings. The lowest BCUT2D eigenvalue weighted by atomic mass is 9.76. The SMILES string of the molecule is CCCCC1CCC(C(O)c2ccc(C)c(F)c2)CC1. The van der Waals surface area contributed by atoms with E-state index in [4.69, 9.17) is 0 Å². The Labute approximate surface area is 122 Å². The zero-order valence-electron chi connectivity index (χ0n) is 12.7. The Balaban J connectivity index is 1.91. The molecule has 1 aromatic rings. The van der Waals surface area contributed by atoms with Gasteiger partial charge >= 0.3 is 0 Å². The molecule has 1 aliphatic carbocycles. The Morgan fingerprint density at radius 3 is 2.55 bits per heavy atom. The second-order valence-electron chi connectivity index (χ2n) is 6.38. The molecular formula is C18H27FO. The number of halogens is 1. The fraction of sp³-hybridized carbons (Fsp3) is 0.667. The molecule has 1 aromatic carbocycles. The van der Waals surface area contributed by atoms with Crippen molar-refractivity contribution in [3.05, 3.63) is 35.1 Å². The van der Waals surface area contributed by atoms with Crippen molar-refractivity contribution in [2.45, 2.75) is 64.9 Å². The van der Waals surface area contributed by atoms with Crippen LogP contribution >= 0.6 is 0 Å². The lowest BCUT2D eigenvalue weighted by Gasteiger charge is -2.31. The summed E-state index contributed by atoms with van der Waals surface area (Å²) < 4.78 is 13.6. The van der Waals surface area contributed by atoms with Crippen molar-refractivity contribution in [1.82, 2.24) is 0 Å². The number of hydrogen-bond acceptors (Lipinski definition) is 1. The van der Waals surface area contributed by atoms with Crippen LogP contribution in [0.2, 0.25) is 0 Å². The van der Waals surface area contributed by atoms with E-state index in [-0.39, 0.29) is 5.82 Å². The van der Waals surface area contributed by atoms with Gasteiger partial charge in [0.1, 0.15) is 5.82 Å². The number of aryl methyl sites for hydroxylation is 1. The molecule has 1 atom stereocenters. The zero-order valence-corrected chi connectivity index (χ0v) is 12.7. The number of unbranched alkanes of at least 4 members (excludes halogenated alkanes) is 1. The Morgan fingerprint density at radius 1 is 1.25 bits per heavy atom. The van der Waals surface area contributed by atoms with Crippen molar-refractivity contribution in [2.75, 3.05) is 0 Å². The van der Waals surface area contributed by atoms with Crippen LogP contribution in [0.15, 0.2) is 18.2 Å². The van der Waals surface area contributed by atoms with Gasteiger partial charge in [-0.3, -0.25) is 0 Å². The van der Waals surface area contributed by atoms with Crippen LogP contribution in [-0.4, -0.2) is 5.11 Å². The second kappa shape index (κ2) is 7.21. The van der Waals surface area contributed by atoms with Gasteiger partial charge in [-0.2, -0.15) is 0 Å². The van der Waals surface area contributed by atoms with Crippen molar-refractivity contribution in [2.24, 2.45) is 11.8 Å². The lowest BCUT2D eigenvalue weighted by Crippen LogP contribution is -2.20. The first kappa shape index (κ1) is 15.5. The molecule has 112 valence electrons. The summed E-state index contributed by atoms with van der Waals surface area (Å²) in [6.07, 6.45) is 8.00. The quantitative estimate of drug-likeness (QED) is 0.788. The minimum absolute atomic E-state index is 0.210. The van der Waals surface area contributed by atoms with Crippen LogP contribution in [0, 0.1) is 24.6 Å². The molecule has 0 amide bonds. The summed E-state index contributed by atoms with van der Waals surface area (Å²) >= 11 is 0. The van der Waals surface area contributed by atoms with E-state index in [1.54, 1.807) is 13.0 Å². The van der Waals surface area contributed by atoms with Crippen LogP contribution in [0.25, 0.3) is 0 Å². The van der Waals surface area contributed by atoms with Crippen LogP contribution in [-0.2, 0) is 0 Å². The predicted octanol–water partition coefficient (Wildman–Crippen LogP) is 5.16. The van der Waals surface area contributed by atoms with Gasteiger partial charge in [-0.05, 0) is 48.8 Å². The molecule has 1 unspecified atom stereocenters. The highest BCUT2D eigenvalue weighted by Crippen LogP contribution is 2.38. The van der Waals surface area contributed by atoms with Crippen LogP contribution in [0.4, 0.5) is 4.39 Å². The van der Waals surface area contributed by atoms with Crippen molar-refractivity contribution >= 4 is 0 Å². The number of benzene rings is 1. The zero-order chi connectivity index (χ0) is 14.5. The summed E-state index contributed by atoms with van der Waals surface area (Å²) in [6, 6.07) is 5.14.